The zero-order valence-corrected chi connectivity index (χ0v) is 84.2. The van der Waals surface area contributed by atoms with E-state index in [0.29, 0.717) is 42.7 Å². The number of nitrogens with zero attached hydrogens (tertiary/aromatic N) is 3. The molecule has 3 aliphatic carbocycles. The Morgan fingerprint density at radius 3 is 1.13 bits per heavy atom. The quantitative estimate of drug-likeness (QED) is 0.00588. The van der Waals surface area contributed by atoms with Crippen LogP contribution >= 0.6 is 0 Å². The minimum absolute atomic E-state index is 0. The van der Waals surface area contributed by atoms with Crippen LogP contribution in [0.15, 0.2) is 34.3 Å². The SMILES string of the molecule is C.C.C.C=C(C)C(=O)OCCO.C=C(C)C(=O)OCCOC(=O)CCC1(C)CC(NC(=O)C[Si](C)(C)OC(C)(C)O[Si](C)(C)CCCC)CC(C)(C)C1.CC1(C)CC(OC#N)CC(C)(CN=C=O)C1.CCCC[Si](C)(C)OC(C)(C)O[Si](C)(C)C.CCCC[Si](C)(C)OC(C)(C)O[Si](C)(C)CC(=O)NC1CC(C)(C)CC(C)(CN=C=O)C1. The van der Waals surface area contributed by atoms with E-state index in [0.717, 1.165) is 82.7 Å². The van der Waals surface area contributed by atoms with Crippen molar-refractivity contribution in [2.45, 2.75) is 421 Å². The van der Waals surface area contributed by atoms with Crippen molar-refractivity contribution in [1.82, 2.24) is 10.6 Å². The first-order valence-electron chi connectivity index (χ1n) is 41.9. The molecule has 0 bridgehead atoms. The number of isocyanates is 2. The van der Waals surface area contributed by atoms with Crippen molar-refractivity contribution in [3.63, 3.8) is 0 Å². The van der Waals surface area contributed by atoms with E-state index < -0.39 is 79.2 Å². The summed E-state index contributed by atoms with van der Waals surface area (Å²) < 4.78 is 58.1. The summed E-state index contributed by atoms with van der Waals surface area (Å²) in [7, 11) is -11.4. The summed E-state index contributed by atoms with van der Waals surface area (Å²) in [6.07, 6.45) is 21.1. The van der Waals surface area contributed by atoms with Gasteiger partial charge in [0, 0.05) is 41.7 Å². The Hall–Kier alpha value is -4.10. The van der Waals surface area contributed by atoms with E-state index in [4.69, 9.17) is 51.1 Å². The predicted molar refractivity (Wildman–Crippen MR) is 495 cm³/mol. The highest BCUT2D eigenvalue weighted by Gasteiger charge is 2.47. The zero-order chi connectivity index (χ0) is 89.1. The second-order valence-electron chi connectivity index (χ2n) is 41.5. The molecular weight excluding hydrogens is 1580 g/mol. The highest BCUT2D eigenvalue weighted by molar-refractivity contribution is 6.75. The van der Waals surface area contributed by atoms with E-state index in [9.17, 15) is 33.6 Å². The van der Waals surface area contributed by atoms with Crippen LogP contribution in [0.25, 0.3) is 0 Å². The van der Waals surface area contributed by atoms with Gasteiger partial charge in [0.2, 0.25) is 24.0 Å². The third-order valence-corrected chi connectivity index (χ3v) is 32.9. The maximum Gasteiger partial charge on any atom is 0.333 e. The van der Waals surface area contributed by atoms with Gasteiger partial charge in [0.15, 0.2) is 49.9 Å². The second-order valence-corrected chi connectivity index (χ2v) is 66.8. The molecule has 0 spiro atoms. The fourth-order valence-electron chi connectivity index (χ4n) is 17.7. The van der Waals surface area contributed by atoms with Crippen LogP contribution in [0.3, 0.4) is 0 Å². The zero-order valence-electron chi connectivity index (χ0n) is 78.2. The molecule has 0 aromatic carbocycles. The van der Waals surface area contributed by atoms with E-state index in [1.807, 2.05) is 27.7 Å². The van der Waals surface area contributed by atoms with Crippen molar-refractivity contribution in [1.29, 1.82) is 5.26 Å². The van der Waals surface area contributed by atoms with Crippen LogP contribution in [0.1, 0.15) is 270 Å². The van der Waals surface area contributed by atoms with Crippen LogP contribution in [0, 0.1) is 44.0 Å². The second kappa shape index (κ2) is 53.2. The summed E-state index contributed by atoms with van der Waals surface area (Å²) in [5.41, 5.74) is 0.600. The van der Waals surface area contributed by atoms with Crippen molar-refractivity contribution < 1.29 is 84.2 Å². The van der Waals surface area contributed by atoms with Crippen molar-refractivity contribution in [2.75, 3.05) is 39.5 Å². The number of aliphatic hydroxyl groups excluding tert-OH is 1. The lowest BCUT2D eigenvalue weighted by atomic mass is 9.61. The molecule has 3 rings (SSSR count). The fraction of sp³-hybridized carbons (Fsp3) is 0.864. The fourth-order valence-corrected chi connectivity index (χ4v) is 32.1. The summed E-state index contributed by atoms with van der Waals surface area (Å²) in [4.78, 5) is 88.9. The Bertz CT molecular complexity index is 3130. The highest BCUT2D eigenvalue weighted by Crippen LogP contribution is 2.50. The number of nitriles is 1. The van der Waals surface area contributed by atoms with Crippen LogP contribution in [0.5, 0.6) is 0 Å². The maximum absolute atomic E-state index is 13.3. The average Bonchev–Trinajstić information content (AvgIpc) is 0.822. The van der Waals surface area contributed by atoms with Crippen LogP contribution in [0.2, 0.25) is 115 Å². The van der Waals surface area contributed by atoms with E-state index in [2.05, 4.69) is 221 Å². The van der Waals surface area contributed by atoms with Gasteiger partial charge < -0.3 is 61.2 Å². The minimum atomic E-state index is -2.36. The Labute approximate surface area is 721 Å². The monoisotopic (exact) mass is 1760 g/mol. The number of carbonyl (C=O) groups is 5. The number of esters is 3. The average molecular weight is 1760 g/mol. The van der Waals surface area contributed by atoms with Gasteiger partial charge in [0.05, 0.1) is 19.7 Å². The molecule has 3 fully saturated rings. The van der Waals surface area contributed by atoms with E-state index in [1.165, 1.54) is 31.7 Å². The molecular formula is C88H177N5O18Si6. The minimum Gasteiger partial charge on any atom is -0.462 e. The van der Waals surface area contributed by atoms with Gasteiger partial charge in [-0.2, -0.15) is 5.26 Å². The Morgan fingerprint density at radius 2 is 0.795 bits per heavy atom. The van der Waals surface area contributed by atoms with Crippen LogP contribution in [0.4, 0.5) is 0 Å². The molecule has 0 aliphatic heterocycles. The smallest absolute Gasteiger partial charge is 0.333 e. The first-order chi connectivity index (χ1) is 51.6. The van der Waals surface area contributed by atoms with Crippen molar-refractivity contribution in [2.24, 2.45) is 42.5 Å². The molecule has 0 saturated heterocycles. The molecule has 117 heavy (non-hydrogen) atoms. The number of hydrogen-bond donors (Lipinski definition) is 3. The molecule has 29 heteroatoms. The Kier molecular flexibility index (Phi) is 55.2. The van der Waals surface area contributed by atoms with Crippen LogP contribution in [-0.2, 0) is 79.1 Å². The number of amides is 2. The summed E-state index contributed by atoms with van der Waals surface area (Å²) >= 11 is 0. The standard InChI is InChI=1S/C31H59NO7Si2.C24H48N2O4Si2.C12H18N2O2.C12H30O2Si2.C6H10O3.3CH4/c1-13-14-19-40(9,10)38-30(6,7)39-41(11,12)22-26(33)32-25-20-29(4,5)23-31(8,21-25)16-15-27(34)36-17-18-37-28(35)24(2)3;1-11-12-13-31(7,8)29-23(4,5)30-32(9,10)16-21(28)26-20-14-22(2,3)17-24(6,15-20)18-25-19-27;1-11(2)4-10(16-8-13)5-12(3,6-11)7-14-9-15;1-9-10-11-16(7,8)14-12(2,3)13-15(4,5)6;1-5(2)6(8)9-4-3-7;;;/h25H,2,13-23H2,1,3-12H3,(H,32,33);20H,11-18H2,1-10H3,(H,26,28);10H,4-7H2,1-3H3;9-11H2,1-8H3;7H,1,3-4H2,2H3;3*1H4. The van der Waals surface area contributed by atoms with Crippen molar-refractivity contribution >= 4 is 91.8 Å². The molecule has 23 nitrogen and oxygen atoms in total. The molecule has 6 unspecified atom stereocenters. The highest BCUT2D eigenvalue weighted by atomic mass is 28.4. The molecule has 0 aromatic rings. The van der Waals surface area contributed by atoms with Gasteiger partial charge in [-0.05, 0) is 255 Å². The first kappa shape index (κ1) is 121. The Balaban J connectivity index is -0.000000484. The normalized spacial score (nSPS) is 21.0. The van der Waals surface area contributed by atoms with Gasteiger partial charge in [-0.1, -0.05) is 157 Å². The first-order valence-corrected chi connectivity index (χ1v) is 60.9. The summed E-state index contributed by atoms with van der Waals surface area (Å²) in [5, 5.41) is 23.3. The topological polar surface area (TPSA) is 305 Å². The summed E-state index contributed by atoms with van der Waals surface area (Å²) in [6.45, 7) is 77.7. The molecule has 0 heterocycles. The number of hydrogen-bond acceptors (Lipinski definition) is 21. The van der Waals surface area contributed by atoms with Gasteiger partial charge >= 0.3 is 17.9 Å². The number of aliphatic imine (C=N–C) groups is 2. The molecule has 686 valence electrons. The van der Waals surface area contributed by atoms with Gasteiger partial charge in [-0.3, -0.25) is 14.4 Å². The third-order valence-electron chi connectivity index (χ3n) is 19.6. The molecule has 6 atom stereocenters. The van der Waals surface area contributed by atoms with Gasteiger partial charge in [0.1, 0.15) is 43.3 Å². The van der Waals surface area contributed by atoms with Crippen molar-refractivity contribution in [3.8, 4) is 6.26 Å². The summed E-state index contributed by atoms with van der Waals surface area (Å²) in [6, 6.07) is 4.31. The maximum atomic E-state index is 13.3. The lowest BCUT2D eigenvalue weighted by molar-refractivity contribution is -0.150. The van der Waals surface area contributed by atoms with Gasteiger partial charge in [-0.25, -0.2) is 29.2 Å². The lowest BCUT2D eigenvalue weighted by Crippen LogP contribution is -2.52. The summed E-state index contributed by atoms with van der Waals surface area (Å²) in [5.74, 6) is -3.00. The number of ether oxygens (including phenoxy) is 4. The van der Waals surface area contributed by atoms with E-state index >= 15 is 0 Å². The van der Waals surface area contributed by atoms with Crippen LogP contribution in [-0.4, -0.2) is 172 Å². The molecule has 2 amide bonds. The van der Waals surface area contributed by atoms with Crippen LogP contribution < -0.4 is 10.6 Å². The van der Waals surface area contributed by atoms with E-state index in [1.54, 1.807) is 32.3 Å². The lowest BCUT2D eigenvalue weighted by Gasteiger charge is -2.47. The number of rotatable bonds is 42. The van der Waals surface area contributed by atoms with Gasteiger partial charge in [0.25, 0.3) is 6.26 Å². The Morgan fingerprint density at radius 1 is 0.479 bits per heavy atom. The van der Waals surface area contributed by atoms with E-state index in [-0.39, 0.29) is 124 Å². The number of unbranched alkanes of at least 4 members (excludes halogenated alkanes) is 3. The number of nitrogens with one attached hydrogen (secondary N) is 2. The number of carbonyl (C=O) groups excluding carboxylic acids is 7. The van der Waals surface area contributed by atoms with Gasteiger partial charge in [-0.15, -0.1) is 0 Å². The molecule has 3 aliphatic rings. The predicted octanol–water partition coefficient (Wildman–Crippen LogP) is 22.1. The molecule has 0 radical (unpaired) electrons. The third kappa shape index (κ3) is 59.4. The molecule has 3 N–H and O–H groups in total. The largest absolute Gasteiger partial charge is 0.462 e. The van der Waals surface area contributed by atoms with Crippen molar-refractivity contribution in [3.05, 3.63) is 24.3 Å². The number of aliphatic hydroxyl groups is 1. The molecule has 3 saturated carbocycles. The molecule has 0 aromatic heterocycles.